The van der Waals surface area contributed by atoms with E-state index in [-0.39, 0.29) is 28.9 Å². The van der Waals surface area contributed by atoms with Gasteiger partial charge in [-0.3, -0.25) is 15.6 Å². The van der Waals surface area contributed by atoms with Crippen LogP contribution in [0.4, 0.5) is 20.8 Å². The lowest BCUT2D eigenvalue weighted by atomic mass is 9.78. The Kier molecular flexibility index (Phi) is 9.57. The molecule has 1 aromatic rings. The summed E-state index contributed by atoms with van der Waals surface area (Å²) in [5.41, 5.74) is 5.10. The van der Waals surface area contributed by atoms with Crippen molar-refractivity contribution >= 4 is 35.2 Å². The summed E-state index contributed by atoms with van der Waals surface area (Å²) in [5.74, 6) is -1.12. The summed E-state index contributed by atoms with van der Waals surface area (Å²) in [6, 6.07) is 0. The smallest absolute Gasteiger partial charge is 0.404 e. The first kappa shape index (κ1) is 28.2. The molecule has 1 saturated heterocycles. The van der Waals surface area contributed by atoms with Crippen LogP contribution in [0.1, 0.15) is 52.4 Å². The van der Waals surface area contributed by atoms with E-state index in [9.17, 15) is 9.59 Å². The molecule has 12 heteroatoms. The van der Waals surface area contributed by atoms with Crippen molar-refractivity contribution in [2.75, 3.05) is 50.6 Å². The lowest BCUT2D eigenvalue weighted by molar-refractivity contribution is -0.124. The maximum absolute atomic E-state index is 15.4. The predicted molar refractivity (Wildman–Crippen MR) is 138 cm³/mol. The Morgan fingerprint density at radius 1 is 1.25 bits per heavy atom. The Hall–Kier alpha value is -2.40. The van der Waals surface area contributed by atoms with E-state index in [1.807, 2.05) is 19.0 Å². The zero-order valence-electron chi connectivity index (χ0n) is 21.6. The van der Waals surface area contributed by atoms with Gasteiger partial charge >= 0.3 is 6.09 Å². The number of nitrogens with zero attached hydrogens (tertiary/aromatic N) is 4. The molecular weight excluding hydrogens is 489 g/mol. The second-order valence-electron chi connectivity index (χ2n) is 11.0. The first-order chi connectivity index (χ1) is 17.0. The number of carbonyl (C=O) groups is 2. The van der Waals surface area contributed by atoms with Gasteiger partial charge in [-0.2, -0.15) is 14.4 Å². The van der Waals surface area contributed by atoms with Crippen molar-refractivity contribution in [3.8, 4) is 0 Å². The van der Waals surface area contributed by atoms with Crippen LogP contribution in [0.25, 0.3) is 0 Å². The molecule has 0 bridgehead atoms. The quantitative estimate of drug-likeness (QED) is 0.254. The van der Waals surface area contributed by atoms with Crippen molar-refractivity contribution in [2.45, 2.75) is 52.4 Å². The normalized spacial score (nSPS) is 19.5. The number of amides is 2. The molecule has 202 valence electrons. The minimum Gasteiger partial charge on any atom is -0.465 e. The largest absolute Gasteiger partial charge is 0.465 e. The maximum atomic E-state index is 15.4. The summed E-state index contributed by atoms with van der Waals surface area (Å²) in [6.45, 7) is 6.61. The van der Waals surface area contributed by atoms with Crippen LogP contribution in [0.5, 0.6) is 0 Å². The van der Waals surface area contributed by atoms with Crippen molar-refractivity contribution in [1.82, 2.24) is 25.6 Å². The molecule has 1 saturated carbocycles. The van der Waals surface area contributed by atoms with E-state index >= 15 is 4.39 Å². The Bertz CT molecular complexity index is 927. The molecule has 3 rings (SSSR count). The molecule has 0 aromatic carbocycles. The van der Waals surface area contributed by atoms with Crippen LogP contribution in [0.2, 0.25) is 5.28 Å². The highest BCUT2D eigenvalue weighted by Gasteiger charge is 2.37. The van der Waals surface area contributed by atoms with Crippen LogP contribution in [0, 0.1) is 29.0 Å². The minimum absolute atomic E-state index is 0.0183. The molecule has 2 fully saturated rings. The molecule has 10 nitrogen and oxygen atoms in total. The molecule has 4 N–H and O–H groups in total. The molecule has 1 aliphatic carbocycles. The Balaban J connectivity index is 1.67. The van der Waals surface area contributed by atoms with Crippen molar-refractivity contribution in [3.63, 3.8) is 0 Å². The van der Waals surface area contributed by atoms with Crippen LogP contribution in [-0.2, 0) is 4.79 Å². The Morgan fingerprint density at radius 2 is 1.94 bits per heavy atom. The number of halogens is 2. The maximum Gasteiger partial charge on any atom is 0.404 e. The molecule has 2 atom stereocenters. The summed E-state index contributed by atoms with van der Waals surface area (Å²) < 4.78 is 15.4. The number of carboxylic acid groups (broad SMARTS) is 1. The number of hydrogen-bond acceptors (Lipinski definition) is 7. The monoisotopic (exact) mass is 527 g/mol. The molecule has 1 unspecified atom stereocenters. The van der Waals surface area contributed by atoms with Crippen LogP contribution in [0.15, 0.2) is 0 Å². The highest BCUT2D eigenvalue weighted by Crippen LogP contribution is 2.37. The first-order valence-electron chi connectivity index (χ1n) is 12.6. The lowest BCUT2D eigenvalue weighted by Gasteiger charge is -2.34. The third kappa shape index (κ3) is 7.55. The van der Waals surface area contributed by atoms with E-state index in [1.54, 1.807) is 0 Å². The van der Waals surface area contributed by atoms with Gasteiger partial charge in [-0.1, -0.05) is 39.5 Å². The van der Waals surface area contributed by atoms with Gasteiger partial charge in [0.25, 0.3) is 0 Å². The number of anilines is 2. The van der Waals surface area contributed by atoms with Crippen molar-refractivity contribution in [3.05, 3.63) is 11.1 Å². The lowest BCUT2D eigenvalue weighted by Crippen LogP contribution is -2.42. The van der Waals surface area contributed by atoms with Crippen LogP contribution in [0.3, 0.4) is 0 Å². The number of hydrogen-bond donors (Lipinski definition) is 4. The summed E-state index contributed by atoms with van der Waals surface area (Å²) in [6.07, 6.45) is 4.53. The first-order valence-corrected chi connectivity index (χ1v) is 13.0. The average Bonchev–Trinajstić information content (AvgIpc) is 3.48. The van der Waals surface area contributed by atoms with Gasteiger partial charge in [-0.15, -0.1) is 0 Å². The molecular formula is C24H39ClFN7O3. The zero-order chi connectivity index (χ0) is 26.5. The van der Waals surface area contributed by atoms with Gasteiger partial charge < -0.3 is 20.2 Å². The van der Waals surface area contributed by atoms with E-state index < -0.39 is 23.7 Å². The van der Waals surface area contributed by atoms with E-state index in [0.717, 1.165) is 38.6 Å². The van der Waals surface area contributed by atoms with Crippen LogP contribution >= 0.6 is 11.6 Å². The average molecular weight is 528 g/mol. The highest BCUT2D eigenvalue weighted by molar-refractivity contribution is 6.28. The van der Waals surface area contributed by atoms with Crippen LogP contribution < -0.4 is 21.1 Å². The van der Waals surface area contributed by atoms with Crippen LogP contribution in [-0.4, -0.2) is 72.2 Å². The number of aromatic nitrogens is 2. The van der Waals surface area contributed by atoms with Gasteiger partial charge in [0.2, 0.25) is 17.0 Å². The minimum atomic E-state index is -1.19. The van der Waals surface area contributed by atoms with Gasteiger partial charge in [0.15, 0.2) is 11.6 Å². The fraction of sp³-hybridized carbons (Fsp3) is 0.750. The van der Waals surface area contributed by atoms with Gasteiger partial charge in [-0.05, 0) is 55.8 Å². The van der Waals surface area contributed by atoms with Gasteiger partial charge in [-0.25, -0.2) is 4.79 Å². The van der Waals surface area contributed by atoms with E-state index in [2.05, 4.69) is 44.9 Å². The number of carbonyl (C=O) groups excluding carboxylic acids is 1. The molecule has 1 aromatic heterocycles. The second-order valence-corrected chi connectivity index (χ2v) is 11.4. The fourth-order valence-electron chi connectivity index (χ4n) is 5.60. The van der Waals surface area contributed by atoms with Gasteiger partial charge in [0, 0.05) is 26.2 Å². The fourth-order valence-corrected chi connectivity index (χ4v) is 5.77. The number of rotatable bonds is 11. The number of hydrazine groups is 1. The summed E-state index contributed by atoms with van der Waals surface area (Å²) in [4.78, 5) is 36.0. The Morgan fingerprint density at radius 3 is 2.58 bits per heavy atom. The van der Waals surface area contributed by atoms with Crippen molar-refractivity contribution < 1.29 is 19.1 Å². The standard InChI is InChI=1S/C24H39ClFN7O3/c1-24(2,14-32(3)4)17-9-10-33(13-17)20-18(26)19(28-22(25)29-20)30-31-21(34)16(12-27-23(35)36)11-15-7-5-6-8-15/h15-17,27H,5-14H2,1-4H3,(H,31,34)(H,35,36)(H,28,29,30)/t16-,17?/m1/s1. The molecule has 1 aliphatic heterocycles. The van der Waals surface area contributed by atoms with Gasteiger partial charge in [0.1, 0.15) is 0 Å². The van der Waals surface area contributed by atoms with Crippen molar-refractivity contribution in [1.29, 1.82) is 0 Å². The molecule has 0 radical (unpaired) electrons. The third-order valence-electron chi connectivity index (χ3n) is 7.39. The van der Waals surface area contributed by atoms with Crippen molar-refractivity contribution in [2.24, 2.45) is 23.2 Å². The second kappa shape index (κ2) is 12.2. The van der Waals surface area contributed by atoms with Gasteiger partial charge in [0.05, 0.1) is 5.92 Å². The molecule has 36 heavy (non-hydrogen) atoms. The highest BCUT2D eigenvalue weighted by atomic mass is 35.5. The topological polar surface area (TPSA) is 123 Å². The summed E-state index contributed by atoms with van der Waals surface area (Å²) in [5, 5.41) is 11.1. The van der Waals surface area contributed by atoms with E-state index in [4.69, 9.17) is 16.7 Å². The van der Waals surface area contributed by atoms with E-state index in [0.29, 0.717) is 31.3 Å². The Labute approximate surface area is 217 Å². The third-order valence-corrected chi connectivity index (χ3v) is 7.56. The SMILES string of the molecule is CN(C)CC(C)(C)C1CCN(c2nc(Cl)nc(NNC(=O)[C@@H](CNC(=O)O)CC3CCCC3)c2F)C1. The van der Waals surface area contributed by atoms with E-state index in [1.165, 1.54) is 0 Å². The molecule has 2 amide bonds. The summed E-state index contributed by atoms with van der Waals surface area (Å²) in [7, 11) is 4.08. The molecule has 0 spiro atoms. The molecule has 2 heterocycles. The predicted octanol–water partition coefficient (Wildman–Crippen LogP) is 3.59. The molecule has 2 aliphatic rings. The number of nitrogens with one attached hydrogen (secondary N) is 3. The summed E-state index contributed by atoms with van der Waals surface area (Å²) >= 11 is 6.12. The zero-order valence-corrected chi connectivity index (χ0v) is 22.4.